The van der Waals surface area contributed by atoms with Crippen molar-refractivity contribution in [1.82, 2.24) is 14.6 Å². The molecule has 0 unspecified atom stereocenters. The number of nitrogens with one attached hydrogen (secondary N) is 1. The Labute approximate surface area is 154 Å². The van der Waals surface area contributed by atoms with Gasteiger partial charge in [0.1, 0.15) is 5.75 Å². The number of anilines is 1. The smallest absolute Gasteiger partial charge is 0.242 e. The van der Waals surface area contributed by atoms with Crippen LogP contribution < -0.4 is 9.46 Å². The zero-order valence-corrected chi connectivity index (χ0v) is 16.1. The van der Waals surface area contributed by atoms with E-state index in [0.717, 1.165) is 42.9 Å². The first-order valence-electron chi connectivity index (χ1n) is 9.38. The highest BCUT2D eigenvalue weighted by molar-refractivity contribution is 7.91. The molecule has 26 heavy (non-hydrogen) atoms. The molecule has 0 aliphatic heterocycles. The summed E-state index contributed by atoms with van der Waals surface area (Å²) in [6.45, 7) is 3.06. The van der Waals surface area contributed by atoms with Crippen LogP contribution in [-0.2, 0) is 10.0 Å². The van der Waals surface area contributed by atoms with Crippen LogP contribution in [0.2, 0.25) is 0 Å². The quantitative estimate of drug-likeness (QED) is 0.834. The van der Waals surface area contributed by atoms with Crippen molar-refractivity contribution in [1.29, 1.82) is 0 Å². The molecule has 0 radical (unpaired) electrons. The summed E-state index contributed by atoms with van der Waals surface area (Å²) in [7, 11) is -3.40. The minimum Gasteiger partial charge on any atom is -0.493 e. The van der Waals surface area contributed by atoms with Gasteiger partial charge in [-0.05, 0) is 43.4 Å². The molecular formula is C18H26N4O3S. The van der Waals surface area contributed by atoms with E-state index in [-0.39, 0.29) is 5.95 Å². The lowest BCUT2D eigenvalue weighted by Crippen LogP contribution is -2.19. The van der Waals surface area contributed by atoms with Crippen LogP contribution in [0.3, 0.4) is 0 Å². The van der Waals surface area contributed by atoms with E-state index in [4.69, 9.17) is 4.74 Å². The first-order chi connectivity index (χ1) is 12.4. The summed E-state index contributed by atoms with van der Waals surface area (Å²) < 4.78 is 33.4. The van der Waals surface area contributed by atoms with Crippen LogP contribution in [0.5, 0.6) is 5.75 Å². The Morgan fingerprint density at radius 2 is 1.92 bits per heavy atom. The second-order valence-electron chi connectivity index (χ2n) is 7.93. The Hall–Kier alpha value is -1.83. The van der Waals surface area contributed by atoms with Gasteiger partial charge in [0.15, 0.2) is 5.65 Å². The molecule has 7 nitrogen and oxygen atoms in total. The van der Waals surface area contributed by atoms with Crippen molar-refractivity contribution in [2.75, 3.05) is 17.6 Å². The molecule has 0 amide bonds. The van der Waals surface area contributed by atoms with E-state index in [9.17, 15) is 8.42 Å². The van der Waals surface area contributed by atoms with Crippen molar-refractivity contribution in [3.8, 4) is 5.75 Å². The summed E-state index contributed by atoms with van der Waals surface area (Å²) in [5.41, 5.74) is 1.71. The van der Waals surface area contributed by atoms with Crippen molar-refractivity contribution in [2.45, 2.75) is 51.4 Å². The Balaban J connectivity index is 1.57. The Kier molecular flexibility index (Phi) is 4.54. The highest BCUT2D eigenvalue weighted by Crippen LogP contribution is 2.45. The second kappa shape index (κ2) is 6.72. The molecule has 4 rings (SSSR count). The lowest BCUT2D eigenvalue weighted by molar-refractivity contribution is 0.187. The van der Waals surface area contributed by atoms with E-state index in [1.807, 2.05) is 12.3 Å². The number of nitrogens with zero attached hydrogens (tertiary/aromatic N) is 3. The van der Waals surface area contributed by atoms with E-state index >= 15 is 0 Å². The topological polar surface area (TPSA) is 85.6 Å². The van der Waals surface area contributed by atoms with Crippen molar-refractivity contribution < 1.29 is 13.2 Å². The van der Waals surface area contributed by atoms with Gasteiger partial charge in [-0.25, -0.2) is 8.42 Å². The Bertz CT molecular complexity index is 897. The number of sulfonamides is 1. The number of hydrogen-bond donors (Lipinski definition) is 1. The molecule has 2 aliphatic rings. The second-order valence-corrected chi connectivity index (χ2v) is 9.68. The number of aromatic nitrogens is 3. The van der Waals surface area contributed by atoms with Gasteiger partial charge in [0.2, 0.25) is 16.0 Å². The summed E-state index contributed by atoms with van der Waals surface area (Å²) in [6, 6.07) is 1.89. The third-order valence-electron chi connectivity index (χ3n) is 5.44. The fourth-order valence-corrected chi connectivity index (χ4v) is 4.17. The first kappa shape index (κ1) is 17.6. The normalized spacial score (nSPS) is 23.9. The summed E-state index contributed by atoms with van der Waals surface area (Å²) in [6.07, 6.45) is 10.3. The fraction of sp³-hybridized carbons (Fsp3) is 0.667. The molecule has 2 fully saturated rings. The highest BCUT2D eigenvalue weighted by atomic mass is 32.2. The largest absolute Gasteiger partial charge is 0.493 e. The number of fused-ring (bicyclic) bond motifs is 1. The number of pyridine rings is 1. The van der Waals surface area contributed by atoms with Crippen molar-refractivity contribution >= 4 is 21.6 Å². The van der Waals surface area contributed by atoms with Crippen molar-refractivity contribution in [3.63, 3.8) is 0 Å². The van der Waals surface area contributed by atoms with Crippen molar-refractivity contribution in [3.05, 3.63) is 17.8 Å². The van der Waals surface area contributed by atoms with Gasteiger partial charge in [-0.15, -0.1) is 10.2 Å². The molecule has 0 aromatic carbocycles. The predicted octanol–water partition coefficient (Wildman–Crippen LogP) is 3.18. The van der Waals surface area contributed by atoms with Gasteiger partial charge in [0.25, 0.3) is 0 Å². The fourth-order valence-electron chi connectivity index (χ4n) is 3.70. The molecule has 8 heteroatoms. The maximum absolute atomic E-state index is 11.5. The van der Waals surface area contributed by atoms with Crippen LogP contribution >= 0.6 is 0 Å². The maximum Gasteiger partial charge on any atom is 0.242 e. The third-order valence-corrected chi connectivity index (χ3v) is 5.99. The molecule has 2 aromatic rings. The van der Waals surface area contributed by atoms with Crippen LogP contribution in [0.15, 0.2) is 12.3 Å². The van der Waals surface area contributed by atoms with Crippen LogP contribution in [0.25, 0.3) is 5.65 Å². The summed E-state index contributed by atoms with van der Waals surface area (Å²) in [4.78, 5) is 0. The van der Waals surface area contributed by atoms with Gasteiger partial charge in [0, 0.05) is 17.8 Å². The lowest BCUT2D eigenvalue weighted by Gasteiger charge is -2.26. The van der Waals surface area contributed by atoms with Crippen LogP contribution in [0.4, 0.5) is 5.95 Å². The number of hydrogen-bond acceptors (Lipinski definition) is 5. The average Bonchev–Trinajstić information content (AvgIpc) is 3.36. The minimum atomic E-state index is -3.40. The maximum atomic E-state index is 11.5. The van der Waals surface area contributed by atoms with Gasteiger partial charge in [-0.2, -0.15) is 0 Å². The van der Waals surface area contributed by atoms with E-state index in [0.29, 0.717) is 17.5 Å². The van der Waals surface area contributed by atoms with Crippen LogP contribution in [0, 0.1) is 11.8 Å². The summed E-state index contributed by atoms with van der Waals surface area (Å²) in [5, 5.41) is 8.06. The monoisotopic (exact) mass is 378 g/mol. The van der Waals surface area contributed by atoms with E-state index in [2.05, 4.69) is 21.8 Å². The SMILES string of the molecule is CS(=O)(=O)Nc1nnc2cc(OC[C@H]3CC[C@H](C)CC3)c(C3CC3)cn12. The Morgan fingerprint density at radius 1 is 1.19 bits per heavy atom. The summed E-state index contributed by atoms with van der Waals surface area (Å²) in [5.74, 6) is 3.03. The lowest BCUT2D eigenvalue weighted by atomic mass is 9.83. The number of ether oxygens (including phenoxy) is 1. The first-order valence-corrected chi connectivity index (χ1v) is 11.3. The molecule has 2 saturated carbocycles. The molecule has 0 spiro atoms. The molecule has 2 aliphatic carbocycles. The average molecular weight is 378 g/mol. The molecule has 2 aromatic heterocycles. The molecule has 142 valence electrons. The van der Waals surface area contributed by atoms with Gasteiger partial charge in [-0.3, -0.25) is 9.12 Å². The highest BCUT2D eigenvalue weighted by Gasteiger charge is 2.29. The zero-order valence-electron chi connectivity index (χ0n) is 15.3. The van der Waals surface area contributed by atoms with E-state index in [1.54, 1.807) is 4.40 Å². The molecular weight excluding hydrogens is 352 g/mol. The standard InChI is InChI=1S/C18H26N4O3S/c1-12-3-5-13(6-4-12)11-25-16-9-17-19-20-18(21-26(2,23)24)22(17)10-15(16)14-7-8-14/h9-10,12-14H,3-8,11H2,1-2H3,(H,20,21)/t12-,13-. The van der Waals surface area contributed by atoms with Crippen LogP contribution in [0.1, 0.15) is 56.9 Å². The number of rotatable bonds is 6. The molecule has 0 saturated heterocycles. The molecule has 0 atom stereocenters. The Morgan fingerprint density at radius 3 is 2.58 bits per heavy atom. The van der Waals surface area contributed by atoms with Crippen LogP contribution in [-0.4, -0.2) is 35.9 Å². The van der Waals surface area contributed by atoms with E-state index in [1.165, 1.54) is 25.7 Å². The van der Waals surface area contributed by atoms with Crippen molar-refractivity contribution in [2.24, 2.45) is 11.8 Å². The zero-order chi connectivity index (χ0) is 18.3. The van der Waals surface area contributed by atoms with Gasteiger partial charge >= 0.3 is 0 Å². The van der Waals surface area contributed by atoms with E-state index < -0.39 is 10.0 Å². The minimum absolute atomic E-state index is 0.220. The van der Waals surface area contributed by atoms with Gasteiger partial charge < -0.3 is 4.74 Å². The molecule has 0 bridgehead atoms. The molecule has 1 N–H and O–H groups in total. The third kappa shape index (κ3) is 3.95. The predicted molar refractivity (Wildman–Crippen MR) is 100 cm³/mol. The molecule has 2 heterocycles. The summed E-state index contributed by atoms with van der Waals surface area (Å²) >= 11 is 0. The van der Waals surface area contributed by atoms with Gasteiger partial charge in [-0.1, -0.05) is 19.8 Å². The van der Waals surface area contributed by atoms with Gasteiger partial charge in [0.05, 0.1) is 12.9 Å².